The van der Waals surface area contributed by atoms with Crippen LogP contribution < -0.4 is 5.43 Å². The lowest BCUT2D eigenvalue weighted by atomic mass is 9.88. The summed E-state index contributed by atoms with van der Waals surface area (Å²) in [6, 6.07) is 0. The molecule has 17 heavy (non-hydrogen) atoms. The Balaban J connectivity index is 1.98. The van der Waals surface area contributed by atoms with Crippen molar-refractivity contribution >= 4 is 17.5 Å². The molecule has 0 spiro atoms. The molecule has 0 aromatic heterocycles. The lowest BCUT2D eigenvalue weighted by Gasteiger charge is -2.35. The summed E-state index contributed by atoms with van der Waals surface area (Å²) in [5, 5.41) is 3.86. The molecule has 0 saturated carbocycles. The number of rotatable bonds is 1. The van der Waals surface area contributed by atoms with Crippen molar-refractivity contribution in [3.05, 3.63) is 0 Å². The zero-order chi connectivity index (χ0) is 12.4. The van der Waals surface area contributed by atoms with Crippen molar-refractivity contribution in [2.45, 2.75) is 33.1 Å². The third kappa shape index (κ3) is 2.65. The summed E-state index contributed by atoms with van der Waals surface area (Å²) in [5.41, 5.74) is 2.87. The highest BCUT2D eigenvalue weighted by atomic mass is 16.2. The van der Waals surface area contributed by atoms with Gasteiger partial charge in [-0.05, 0) is 18.3 Å². The fourth-order valence-corrected chi connectivity index (χ4v) is 2.26. The molecule has 5 nitrogen and oxygen atoms in total. The minimum Gasteiger partial charge on any atom is -0.337 e. The largest absolute Gasteiger partial charge is 0.337 e. The van der Waals surface area contributed by atoms with Gasteiger partial charge in [0.1, 0.15) is 5.71 Å². The zero-order valence-corrected chi connectivity index (χ0v) is 10.4. The van der Waals surface area contributed by atoms with Gasteiger partial charge in [0.05, 0.1) is 0 Å². The quantitative estimate of drug-likeness (QED) is 0.731. The molecule has 5 heteroatoms. The molecule has 2 atom stereocenters. The highest BCUT2D eigenvalue weighted by Gasteiger charge is 2.29. The van der Waals surface area contributed by atoms with E-state index in [1.807, 2.05) is 4.90 Å². The van der Waals surface area contributed by atoms with Crippen LogP contribution in [0, 0.1) is 11.8 Å². The molecule has 0 radical (unpaired) electrons. The summed E-state index contributed by atoms with van der Waals surface area (Å²) in [4.78, 5) is 25.0. The van der Waals surface area contributed by atoms with Gasteiger partial charge in [-0.15, -0.1) is 0 Å². The van der Waals surface area contributed by atoms with E-state index in [0.29, 0.717) is 30.4 Å². The number of amides is 2. The summed E-state index contributed by atoms with van der Waals surface area (Å²) < 4.78 is 0. The number of carbonyl (C=O) groups is 2. The standard InChI is InChI=1S/C12H19N3O2/c1-8-5-6-15(7-9(8)2)12(17)10-3-4-11(16)14-13-10/h8-9H,3-7H2,1-2H3,(H,14,16). The first-order chi connectivity index (χ1) is 8.08. The Hall–Kier alpha value is -1.39. The van der Waals surface area contributed by atoms with Crippen LogP contribution in [-0.2, 0) is 9.59 Å². The molecular weight excluding hydrogens is 218 g/mol. The molecule has 0 aromatic rings. The van der Waals surface area contributed by atoms with Gasteiger partial charge in [-0.25, -0.2) is 5.43 Å². The molecule has 0 aliphatic carbocycles. The molecular formula is C12H19N3O2. The van der Waals surface area contributed by atoms with Crippen molar-refractivity contribution in [3.8, 4) is 0 Å². The van der Waals surface area contributed by atoms with E-state index in [-0.39, 0.29) is 11.8 Å². The topological polar surface area (TPSA) is 61.8 Å². The van der Waals surface area contributed by atoms with Crippen LogP contribution in [0.5, 0.6) is 0 Å². The Morgan fingerprint density at radius 1 is 1.35 bits per heavy atom. The van der Waals surface area contributed by atoms with Gasteiger partial charge in [-0.2, -0.15) is 5.10 Å². The fourth-order valence-electron chi connectivity index (χ4n) is 2.26. The predicted octanol–water partition coefficient (Wildman–Crippen LogP) is 0.757. The Bertz CT molecular complexity index is 365. The van der Waals surface area contributed by atoms with E-state index in [2.05, 4.69) is 24.4 Å². The molecule has 94 valence electrons. The summed E-state index contributed by atoms with van der Waals surface area (Å²) in [6.45, 7) is 6.00. The molecule has 2 aliphatic heterocycles. The van der Waals surface area contributed by atoms with Gasteiger partial charge in [-0.3, -0.25) is 9.59 Å². The highest BCUT2D eigenvalue weighted by Crippen LogP contribution is 2.22. The molecule has 1 N–H and O–H groups in total. The Morgan fingerprint density at radius 3 is 2.71 bits per heavy atom. The van der Waals surface area contributed by atoms with Gasteiger partial charge in [0.25, 0.3) is 5.91 Å². The summed E-state index contributed by atoms with van der Waals surface area (Å²) in [7, 11) is 0. The maximum Gasteiger partial charge on any atom is 0.270 e. The van der Waals surface area contributed by atoms with Crippen LogP contribution in [0.3, 0.4) is 0 Å². The number of nitrogens with one attached hydrogen (secondary N) is 1. The van der Waals surface area contributed by atoms with E-state index in [1.165, 1.54) is 0 Å². The van der Waals surface area contributed by atoms with Gasteiger partial charge in [-0.1, -0.05) is 13.8 Å². The van der Waals surface area contributed by atoms with Crippen molar-refractivity contribution < 1.29 is 9.59 Å². The van der Waals surface area contributed by atoms with E-state index in [1.54, 1.807) is 0 Å². The number of carbonyl (C=O) groups excluding carboxylic acids is 2. The normalized spacial score (nSPS) is 29.6. The van der Waals surface area contributed by atoms with Crippen molar-refractivity contribution in [2.24, 2.45) is 16.9 Å². The lowest BCUT2D eigenvalue weighted by Crippen LogP contribution is -2.46. The third-order valence-electron chi connectivity index (χ3n) is 3.77. The average molecular weight is 237 g/mol. The first-order valence-electron chi connectivity index (χ1n) is 6.22. The molecule has 1 fully saturated rings. The Morgan fingerprint density at radius 2 is 2.12 bits per heavy atom. The second-order valence-corrected chi connectivity index (χ2v) is 5.09. The number of hydrogen-bond donors (Lipinski definition) is 1. The molecule has 2 aliphatic rings. The first-order valence-corrected chi connectivity index (χ1v) is 6.22. The van der Waals surface area contributed by atoms with Gasteiger partial charge in [0.15, 0.2) is 0 Å². The van der Waals surface area contributed by atoms with Crippen LogP contribution in [0.25, 0.3) is 0 Å². The SMILES string of the molecule is CC1CCN(C(=O)C2=NNC(=O)CC2)CC1C. The maximum atomic E-state index is 12.2. The molecule has 2 heterocycles. The maximum absolute atomic E-state index is 12.2. The molecule has 0 bridgehead atoms. The smallest absolute Gasteiger partial charge is 0.270 e. The average Bonchev–Trinajstić information content (AvgIpc) is 2.33. The number of nitrogens with zero attached hydrogens (tertiary/aromatic N) is 2. The number of hydrazone groups is 1. The van der Waals surface area contributed by atoms with E-state index in [9.17, 15) is 9.59 Å². The Labute approximate surface area is 101 Å². The van der Waals surface area contributed by atoms with Crippen molar-refractivity contribution in [3.63, 3.8) is 0 Å². The molecule has 2 amide bonds. The van der Waals surface area contributed by atoms with Crippen LogP contribution in [0.4, 0.5) is 0 Å². The van der Waals surface area contributed by atoms with E-state index < -0.39 is 0 Å². The minimum absolute atomic E-state index is 0.0104. The second-order valence-electron chi connectivity index (χ2n) is 5.09. The zero-order valence-electron chi connectivity index (χ0n) is 10.4. The first kappa shape index (κ1) is 12.1. The molecule has 0 aromatic carbocycles. The lowest BCUT2D eigenvalue weighted by molar-refractivity contribution is -0.126. The Kier molecular flexibility index (Phi) is 3.45. The van der Waals surface area contributed by atoms with Crippen LogP contribution in [0.15, 0.2) is 5.10 Å². The number of likely N-dealkylation sites (tertiary alicyclic amines) is 1. The summed E-state index contributed by atoms with van der Waals surface area (Å²) >= 11 is 0. The fraction of sp³-hybridized carbons (Fsp3) is 0.750. The van der Waals surface area contributed by atoms with Crippen molar-refractivity contribution in [1.29, 1.82) is 0 Å². The monoisotopic (exact) mass is 237 g/mol. The van der Waals surface area contributed by atoms with Gasteiger partial charge in [0.2, 0.25) is 5.91 Å². The number of piperidine rings is 1. The van der Waals surface area contributed by atoms with E-state index in [4.69, 9.17) is 0 Å². The summed E-state index contributed by atoms with van der Waals surface area (Å²) in [5.74, 6) is 1.09. The summed E-state index contributed by atoms with van der Waals surface area (Å²) in [6.07, 6.45) is 1.88. The van der Waals surface area contributed by atoms with Crippen LogP contribution >= 0.6 is 0 Å². The van der Waals surface area contributed by atoms with E-state index >= 15 is 0 Å². The third-order valence-corrected chi connectivity index (χ3v) is 3.77. The van der Waals surface area contributed by atoms with Gasteiger partial charge >= 0.3 is 0 Å². The molecule has 1 saturated heterocycles. The van der Waals surface area contributed by atoms with Crippen molar-refractivity contribution in [1.82, 2.24) is 10.3 Å². The predicted molar refractivity (Wildman–Crippen MR) is 64.3 cm³/mol. The van der Waals surface area contributed by atoms with Gasteiger partial charge in [0, 0.05) is 25.9 Å². The van der Waals surface area contributed by atoms with Crippen molar-refractivity contribution in [2.75, 3.05) is 13.1 Å². The van der Waals surface area contributed by atoms with Crippen LogP contribution in [0.2, 0.25) is 0 Å². The number of hydrogen-bond acceptors (Lipinski definition) is 3. The second kappa shape index (κ2) is 4.85. The van der Waals surface area contributed by atoms with E-state index in [0.717, 1.165) is 19.5 Å². The van der Waals surface area contributed by atoms with Gasteiger partial charge < -0.3 is 4.90 Å². The van der Waals surface area contributed by atoms with Crippen LogP contribution in [-0.4, -0.2) is 35.5 Å². The van der Waals surface area contributed by atoms with Crippen LogP contribution in [0.1, 0.15) is 33.1 Å². The molecule has 2 unspecified atom stereocenters. The minimum atomic E-state index is -0.109. The highest BCUT2D eigenvalue weighted by molar-refractivity contribution is 6.39. The molecule has 2 rings (SSSR count).